The Balaban J connectivity index is 1.55. The first kappa shape index (κ1) is 24.6. The van der Waals surface area contributed by atoms with Crippen LogP contribution in [-0.2, 0) is 23.8 Å². The molecular weight excluding hydrogens is 428 g/mol. The van der Waals surface area contributed by atoms with Gasteiger partial charge in [-0.2, -0.15) is 0 Å². The summed E-state index contributed by atoms with van der Waals surface area (Å²) in [5.74, 6) is 3.49. The Labute approximate surface area is 206 Å². The molecule has 5 rings (SSSR count). The Bertz CT molecular complexity index is 825. The predicted octanol–water partition coefficient (Wildman–Crippen LogP) is 5.65. The molecule has 0 N–H and O–H groups in total. The van der Waals surface area contributed by atoms with Gasteiger partial charge in [0.1, 0.15) is 6.10 Å². The van der Waals surface area contributed by atoms with Crippen LogP contribution in [0.1, 0.15) is 86.5 Å². The highest BCUT2D eigenvalue weighted by molar-refractivity contribution is 5.69. The molecule has 0 aromatic rings. The molecule has 1 saturated heterocycles. The zero-order valence-electron chi connectivity index (χ0n) is 22.3. The average Bonchev–Trinajstić information content (AvgIpc) is 3.50. The third kappa shape index (κ3) is 3.42. The number of methoxy groups -OCH3 is 1. The first-order chi connectivity index (χ1) is 16.1. The fourth-order valence-corrected chi connectivity index (χ4v) is 10.3. The van der Waals surface area contributed by atoms with Crippen LogP contribution >= 0.6 is 0 Å². The Kier molecular flexibility index (Phi) is 6.14. The molecule has 0 aromatic carbocycles. The second-order valence-corrected chi connectivity index (χ2v) is 13.2. The maximum absolute atomic E-state index is 12.4. The van der Waals surface area contributed by atoms with Crippen molar-refractivity contribution < 1.29 is 23.8 Å². The third-order valence-corrected chi connectivity index (χ3v) is 11.7. The van der Waals surface area contributed by atoms with Crippen LogP contribution in [0.2, 0.25) is 0 Å². The van der Waals surface area contributed by atoms with Crippen molar-refractivity contribution in [3.05, 3.63) is 0 Å². The van der Waals surface area contributed by atoms with E-state index in [1.54, 1.807) is 6.92 Å². The summed E-state index contributed by atoms with van der Waals surface area (Å²) < 4.78 is 18.0. The largest absolute Gasteiger partial charge is 0.469 e. The number of hydrogen-bond donors (Lipinski definition) is 0. The lowest BCUT2D eigenvalue weighted by atomic mass is 9.41. The molecule has 5 aliphatic rings. The van der Waals surface area contributed by atoms with Gasteiger partial charge in [-0.25, -0.2) is 0 Å². The van der Waals surface area contributed by atoms with Crippen LogP contribution in [0.15, 0.2) is 0 Å². The van der Waals surface area contributed by atoms with Gasteiger partial charge in [-0.1, -0.05) is 41.0 Å². The molecule has 13 atom stereocenters. The zero-order chi connectivity index (χ0) is 24.6. The summed E-state index contributed by atoms with van der Waals surface area (Å²) in [5.41, 5.74) is 0.284. The number of hydrogen-bond acceptors (Lipinski definition) is 5. The van der Waals surface area contributed by atoms with Gasteiger partial charge < -0.3 is 14.2 Å². The van der Waals surface area contributed by atoms with Gasteiger partial charge in [0.15, 0.2) is 0 Å². The van der Waals surface area contributed by atoms with E-state index in [9.17, 15) is 9.59 Å². The Hall–Kier alpha value is -1.10. The van der Waals surface area contributed by atoms with Gasteiger partial charge in [-0.3, -0.25) is 9.59 Å². The SMILES string of the molecule is CC[C@H]1C(OC(C)=O)C2C3CC[C@H]([C@H](C)CC(=O)OC)[C@@]3(C)[C@@H]3O[C@@H]3C2[C@@]2(C)CC[C@@H](C)C[C@@H]12. The van der Waals surface area contributed by atoms with Gasteiger partial charge in [-0.05, 0) is 78.9 Å². The number of fused-ring (bicyclic) bond motifs is 8. The molecule has 5 nitrogen and oxygen atoms in total. The van der Waals surface area contributed by atoms with Gasteiger partial charge in [0.05, 0.1) is 19.3 Å². The summed E-state index contributed by atoms with van der Waals surface area (Å²) >= 11 is 0. The smallest absolute Gasteiger partial charge is 0.305 e. The molecule has 0 radical (unpaired) electrons. The molecule has 4 aliphatic carbocycles. The predicted molar refractivity (Wildman–Crippen MR) is 130 cm³/mol. The Morgan fingerprint density at radius 1 is 1.15 bits per heavy atom. The van der Waals surface area contributed by atoms with Crippen molar-refractivity contribution in [2.45, 2.75) is 105 Å². The van der Waals surface area contributed by atoms with Crippen LogP contribution in [-0.4, -0.2) is 37.4 Å². The number of epoxide rings is 1. The van der Waals surface area contributed by atoms with E-state index < -0.39 is 0 Å². The molecule has 0 spiro atoms. The van der Waals surface area contributed by atoms with E-state index in [4.69, 9.17) is 14.2 Å². The van der Waals surface area contributed by atoms with Crippen molar-refractivity contribution in [3.8, 4) is 0 Å². The zero-order valence-corrected chi connectivity index (χ0v) is 22.3. The molecule has 1 aliphatic heterocycles. The monoisotopic (exact) mass is 474 g/mol. The molecule has 1 heterocycles. The minimum absolute atomic E-state index is 0.0139. The van der Waals surface area contributed by atoms with Crippen molar-refractivity contribution in [2.75, 3.05) is 7.11 Å². The third-order valence-electron chi connectivity index (χ3n) is 11.7. The van der Waals surface area contributed by atoms with Crippen LogP contribution in [0.5, 0.6) is 0 Å². The molecule has 0 aromatic heterocycles. The highest BCUT2D eigenvalue weighted by Crippen LogP contribution is 2.74. The molecule has 192 valence electrons. The van der Waals surface area contributed by atoms with Crippen LogP contribution in [0.3, 0.4) is 0 Å². The lowest BCUT2D eigenvalue weighted by molar-refractivity contribution is -0.207. The fourth-order valence-electron chi connectivity index (χ4n) is 10.3. The molecule has 5 heteroatoms. The number of carbonyl (C=O) groups is 2. The Morgan fingerprint density at radius 2 is 1.88 bits per heavy atom. The summed E-state index contributed by atoms with van der Waals surface area (Å²) in [7, 11) is 1.48. The first-order valence-corrected chi connectivity index (χ1v) is 14.0. The summed E-state index contributed by atoms with van der Waals surface area (Å²) in [6.45, 7) is 13.5. The molecule has 4 unspecified atom stereocenters. The second kappa shape index (κ2) is 8.49. The van der Waals surface area contributed by atoms with E-state index in [0.717, 1.165) is 25.2 Å². The van der Waals surface area contributed by atoms with E-state index in [1.165, 1.54) is 26.4 Å². The summed E-state index contributed by atoms with van der Waals surface area (Å²) in [4.78, 5) is 24.6. The van der Waals surface area contributed by atoms with Crippen molar-refractivity contribution in [1.29, 1.82) is 0 Å². The molecule has 0 amide bonds. The average molecular weight is 475 g/mol. The van der Waals surface area contributed by atoms with Gasteiger partial charge in [0.2, 0.25) is 0 Å². The van der Waals surface area contributed by atoms with Crippen molar-refractivity contribution >= 4 is 11.9 Å². The van der Waals surface area contributed by atoms with Crippen LogP contribution in [0.4, 0.5) is 0 Å². The normalized spacial score (nSPS) is 51.9. The van der Waals surface area contributed by atoms with Crippen molar-refractivity contribution in [2.24, 2.45) is 58.2 Å². The van der Waals surface area contributed by atoms with Crippen LogP contribution in [0, 0.1) is 58.2 Å². The number of rotatable bonds is 5. The quantitative estimate of drug-likeness (QED) is 0.381. The maximum Gasteiger partial charge on any atom is 0.305 e. The number of ether oxygens (including phenoxy) is 3. The van der Waals surface area contributed by atoms with Crippen molar-refractivity contribution in [1.82, 2.24) is 0 Å². The van der Waals surface area contributed by atoms with Crippen molar-refractivity contribution in [3.63, 3.8) is 0 Å². The molecule has 34 heavy (non-hydrogen) atoms. The highest BCUT2D eigenvalue weighted by atomic mass is 16.6. The summed E-state index contributed by atoms with van der Waals surface area (Å²) in [6, 6.07) is 0. The fraction of sp³-hybridized carbons (Fsp3) is 0.931. The molecule has 5 fully saturated rings. The highest BCUT2D eigenvalue weighted by Gasteiger charge is 2.76. The topological polar surface area (TPSA) is 65.1 Å². The van der Waals surface area contributed by atoms with Gasteiger partial charge in [0.25, 0.3) is 0 Å². The minimum Gasteiger partial charge on any atom is -0.469 e. The van der Waals surface area contributed by atoms with Gasteiger partial charge >= 0.3 is 11.9 Å². The van der Waals surface area contributed by atoms with Crippen LogP contribution < -0.4 is 0 Å². The summed E-state index contributed by atoms with van der Waals surface area (Å²) in [6.07, 6.45) is 8.14. The molecular formula is C29H46O5. The van der Waals surface area contributed by atoms with Crippen LogP contribution in [0.25, 0.3) is 0 Å². The van der Waals surface area contributed by atoms with E-state index in [-0.39, 0.29) is 47.0 Å². The van der Waals surface area contributed by atoms with E-state index in [2.05, 4.69) is 34.6 Å². The minimum atomic E-state index is -0.135. The molecule has 0 bridgehead atoms. The number of esters is 2. The van der Waals surface area contributed by atoms with E-state index >= 15 is 0 Å². The standard InChI is InChI=1S/C29H46O5/c1-8-18-21-13-15(2)11-12-28(21,5)24-23(25(18)33-17(4)30)20-10-9-19(16(3)14-22(31)32-7)29(20,6)27-26(24)34-27/h15-16,18-21,23-27H,8-14H2,1-7H3/t15-,16-,18-,19-,20?,21+,23?,24?,25?,26-,27-,28+,29-/m1/s1. The second-order valence-electron chi connectivity index (χ2n) is 13.2. The van der Waals surface area contributed by atoms with Gasteiger partial charge in [0, 0.05) is 24.7 Å². The lowest BCUT2D eigenvalue weighted by Crippen LogP contribution is -2.65. The maximum atomic E-state index is 12.4. The van der Waals surface area contributed by atoms with E-state index in [0.29, 0.717) is 41.9 Å². The Morgan fingerprint density at radius 3 is 2.53 bits per heavy atom. The molecule has 4 saturated carbocycles. The first-order valence-electron chi connectivity index (χ1n) is 14.0. The van der Waals surface area contributed by atoms with Gasteiger partial charge in [-0.15, -0.1) is 0 Å². The summed E-state index contributed by atoms with van der Waals surface area (Å²) in [5, 5.41) is 0. The van der Waals surface area contributed by atoms with E-state index in [1.807, 2.05) is 0 Å². The number of carbonyl (C=O) groups excluding carboxylic acids is 2. The lowest BCUT2D eigenvalue weighted by Gasteiger charge is -2.64.